The standard InChI is InChI=1S/C20H32N2O5/c1-15-13-21-20(26)16(8-5-3-2-4-6-10-19(25)27-15)12-18(24)22-11-7-9-17(22)14-23/h3,5,15-17,23H,2,4,6-14H2,1H3,(H,21,26)/t15-,16+,17-/m0/s1. The van der Waals surface area contributed by atoms with Crippen LogP contribution >= 0.6 is 0 Å². The molecule has 0 aromatic carbocycles. The molecule has 7 heteroatoms. The molecule has 0 spiro atoms. The fourth-order valence-corrected chi connectivity index (χ4v) is 3.59. The van der Waals surface area contributed by atoms with E-state index < -0.39 is 12.0 Å². The number of carbonyl (C=O) groups is 3. The first-order valence-corrected chi connectivity index (χ1v) is 10.0. The van der Waals surface area contributed by atoms with Gasteiger partial charge in [-0.1, -0.05) is 12.2 Å². The van der Waals surface area contributed by atoms with Gasteiger partial charge in [-0.05, 0) is 45.4 Å². The van der Waals surface area contributed by atoms with Gasteiger partial charge in [0.25, 0.3) is 0 Å². The molecule has 2 aliphatic rings. The first kappa shape index (κ1) is 21.4. The lowest BCUT2D eigenvalue weighted by atomic mass is 9.98. The zero-order valence-corrected chi connectivity index (χ0v) is 16.2. The van der Waals surface area contributed by atoms with E-state index in [-0.39, 0.29) is 43.4 Å². The van der Waals surface area contributed by atoms with E-state index in [0.29, 0.717) is 19.4 Å². The van der Waals surface area contributed by atoms with Crippen LogP contribution in [0.5, 0.6) is 0 Å². The van der Waals surface area contributed by atoms with Gasteiger partial charge >= 0.3 is 5.97 Å². The van der Waals surface area contributed by atoms with Gasteiger partial charge in [-0.15, -0.1) is 0 Å². The Morgan fingerprint density at radius 2 is 2.11 bits per heavy atom. The van der Waals surface area contributed by atoms with Crippen molar-refractivity contribution in [1.82, 2.24) is 10.2 Å². The number of aliphatic hydroxyl groups is 1. The summed E-state index contributed by atoms with van der Waals surface area (Å²) in [6, 6.07) is -0.131. The summed E-state index contributed by atoms with van der Waals surface area (Å²) in [5.74, 6) is -0.985. The molecule has 2 rings (SSSR count). The van der Waals surface area contributed by atoms with E-state index in [9.17, 15) is 19.5 Å². The van der Waals surface area contributed by atoms with E-state index in [1.165, 1.54) is 0 Å². The molecular weight excluding hydrogens is 348 g/mol. The molecule has 0 aromatic rings. The van der Waals surface area contributed by atoms with Crippen LogP contribution in [0.15, 0.2) is 12.2 Å². The maximum absolute atomic E-state index is 12.7. The molecule has 1 fully saturated rings. The molecule has 0 aromatic heterocycles. The number of esters is 1. The minimum absolute atomic E-state index is 0.0363. The Morgan fingerprint density at radius 1 is 1.30 bits per heavy atom. The normalized spacial score (nSPS) is 28.4. The Morgan fingerprint density at radius 3 is 2.89 bits per heavy atom. The van der Waals surface area contributed by atoms with Crippen molar-refractivity contribution in [2.45, 2.75) is 70.4 Å². The maximum atomic E-state index is 12.7. The van der Waals surface area contributed by atoms with Crippen LogP contribution in [0, 0.1) is 5.92 Å². The Bertz CT molecular complexity index is 548. The summed E-state index contributed by atoms with van der Waals surface area (Å²) < 4.78 is 5.30. The van der Waals surface area contributed by atoms with Crippen molar-refractivity contribution in [2.75, 3.05) is 19.7 Å². The van der Waals surface area contributed by atoms with Crippen LogP contribution in [0.4, 0.5) is 0 Å². The van der Waals surface area contributed by atoms with Crippen LogP contribution in [0.2, 0.25) is 0 Å². The van der Waals surface area contributed by atoms with Crippen molar-refractivity contribution in [3.8, 4) is 0 Å². The van der Waals surface area contributed by atoms with E-state index in [4.69, 9.17) is 4.74 Å². The van der Waals surface area contributed by atoms with Crippen molar-refractivity contribution in [3.05, 3.63) is 12.2 Å². The molecule has 0 radical (unpaired) electrons. The summed E-state index contributed by atoms with van der Waals surface area (Å²) in [4.78, 5) is 38.7. The molecule has 3 atom stereocenters. The highest BCUT2D eigenvalue weighted by molar-refractivity contribution is 5.86. The van der Waals surface area contributed by atoms with E-state index in [2.05, 4.69) is 5.32 Å². The van der Waals surface area contributed by atoms with E-state index in [0.717, 1.165) is 32.1 Å². The summed E-state index contributed by atoms with van der Waals surface area (Å²) >= 11 is 0. The Labute approximate surface area is 161 Å². The van der Waals surface area contributed by atoms with Gasteiger partial charge in [0, 0.05) is 19.4 Å². The van der Waals surface area contributed by atoms with Gasteiger partial charge in [0.05, 0.1) is 25.1 Å². The summed E-state index contributed by atoms with van der Waals surface area (Å²) in [6.45, 7) is 2.59. The third-order valence-electron chi connectivity index (χ3n) is 5.19. The predicted molar refractivity (Wildman–Crippen MR) is 101 cm³/mol. The van der Waals surface area contributed by atoms with Crippen LogP contribution in [0.25, 0.3) is 0 Å². The van der Waals surface area contributed by atoms with Crippen molar-refractivity contribution < 1.29 is 24.2 Å². The number of likely N-dealkylation sites (tertiary alicyclic amines) is 1. The van der Waals surface area contributed by atoms with Crippen molar-refractivity contribution in [1.29, 1.82) is 0 Å². The highest BCUT2D eigenvalue weighted by Crippen LogP contribution is 2.21. The number of nitrogens with zero attached hydrogens (tertiary/aromatic N) is 1. The lowest BCUT2D eigenvalue weighted by Gasteiger charge is -2.25. The average Bonchev–Trinajstić information content (AvgIpc) is 3.12. The zero-order chi connectivity index (χ0) is 19.6. The van der Waals surface area contributed by atoms with E-state index in [1.54, 1.807) is 11.8 Å². The number of hydrogen-bond acceptors (Lipinski definition) is 5. The molecular formula is C20H32N2O5. The first-order valence-electron chi connectivity index (χ1n) is 10.0. The van der Waals surface area contributed by atoms with E-state index >= 15 is 0 Å². The molecule has 152 valence electrons. The number of rotatable bonds is 3. The third kappa shape index (κ3) is 6.97. The number of amides is 2. The van der Waals surface area contributed by atoms with Crippen molar-refractivity contribution in [2.24, 2.45) is 5.92 Å². The number of aliphatic hydroxyl groups excluding tert-OH is 1. The van der Waals surface area contributed by atoms with Gasteiger partial charge in [-0.25, -0.2) is 0 Å². The molecule has 0 aliphatic carbocycles. The van der Waals surface area contributed by atoms with Crippen LogP contribution in [0.3, 0.4) is 0 Å². The smallest absolute Gasteiger partial charge is 0.306 e. The number of carbonyl (C=O) groups excluding carboxylic acids is 3. The fourth-order valence-electron chi connectivity index (χ4n) is 3.59. The lowest BCUT2D eigenvalue weighted by molar-refractivity contribution is -0.148. The summed E-state index contributed by atoms with van der Waals surface area (Å²) in [5.41, 5.74) is 0. The Hall–Kier alpha value is -1.89. The van der Waals surface area contributed by atoms with Gasteiger partial charge in [-0.2, -0.15) is 0 Å². The van der Waals surface area contributed by atoms with Crippen LogP contribution in [-0.4, -0.2) is 59.6 Å². The molecule has 2 heterocycles. The van der Waals surface area contributed by atoms with Crippen LogP contribution in [-0.2, 0) is 19.1 Å². The minimum Gasteiger partial charge on any atom is -0.461 e. The third-order valence-corrected chi connectivity index (χ3v) is 5.19. The second-order valence-corrected chi connectivity index (χ2v) is 7.47. The van der Waals surface area contributed by atoms with Gasteiger partial charge in [-0.3, -0.25) is 14.4 Å². The number of hydrogen-bond donors (Lipinski definition) is 2. The zero-order valence-electron chi connectivity index (χ0n) is 16.2. The number of allylic oxidation sites excluding steroid dienone is 2. The monoisotopic (exact) mass is 380 g/mol. The average molecular weight is 380 g/mol. The van der Waals surface area contributed by atoms with Crippen LogP contribution < -0.4 is 5.32 Å². The molecule has 7 nitrogen and oxygen atoms in total. The lowest BCUT2D eigenvalue weighted by Crippen LogP contribution is -2.42. The van der Waals surface area contributed by atoms with Crippen molar-refractivity contribution in [3.63, 3.8) is 0 Å². The predicted octanol–water partition coefficient (Wildman–Crippen LogP) is 1.54. The summed E-state index contributed by atoms with van der Waals surface area (Å²) in [6.07, 6.45) is 8.80. The number of ether oxygens (including phenoxy) is 1. The largest absolute Gasteiger partial charge is 0.461 e. The SMILES string of the molecule is C[C@H]1CNC(=O)[C@@H](CC(=O)N2CCC[C@H]2CO)CC=CCCCCC(=O)O1. The van der Waals surface area contributed by atoms with Gasteiger partial charge in [0.2, 0.25) is 11.8 Å². The highest BCUT2D eigenvalue weighted by Gasteiger charge is 2.31. The molecule has 2 N–H and O–H groups in total. The molecule has 2 amide bonds. The quantitative estimate of drug-likeness (QED) is 0.572. The highest BCUT2D eigenvalue weighted by atomic mass is 16.5. The Kier molecular flexibility index (Phi) is 8.78. The molecule has 0 saturated carbocycles. The van der Waals surface area contributed by atoms with Gasteiger partial charge < -0.3 is 20.1 Å². The van der Waals surface area contributed by atoms with Gasteiger partial charge in [0.1, 0.15) is 6.10 Å². The van der Waals surface area contributed by atoms with Crippen molar-refractivity contribution >= 4 is 17.8 Å². The summed E-state index contributed by atoms with van der Waals surface area (Å²) in [5, 5.41) is 12.2. The maximum Gasteiger partial charge on any atom is 0.306 e. The number of cyclic esters (lactones) is 1. The van der Waals surface area contributed by atoms with Crippen LogP contribution in [0.1, 0.15) is 58.3 Å². The second kappa shape index (κ2) is 11.1. The van der Waals surface area contributed by atoms with Gasteiger partial charge in [0.15, 0.2) is 0 Å². The molecule has 2 aliphatic heterocycles. The summed E-state index contributed by atoms with van der Waals surface area (Å²) in [7, 11) is 0. The Balaban J connectivity index is 2.00. The second-order valence-electron chi connectivity index (χ2n) is 7.47. The first-order chi connectivity index (χ1) is 13.0. The number of nitrogens with one attached hydrogen (secondary N) is 1. The minimum atomic E-state index is -0.459. The fraction of sp³-hybridized carbons (Fsp3) is 0.750. The topological polar surface area (TPSA) is 95.9 Å². The molecule has 0 bridgehead atoms. The molecule has 27 heavy (non-hydrogen) atoms. The molecule has 0 unspecified atom stereocenters. The molecule has 1 saturated heterocycles. The van der Waals surface area contributed by atoms with E-state index in [1.807, 2.05) is 12.2 Å².